The molecule has 1 amide bonds. The quantitative estimate of drug-likeness (QED) is 0.896. The summed E-state index contributed by atoms with van der Waals surface area (Å²) in [6.45, 7) is 6.43. The number of nitrogens with zero attached hydrogens (tertiary/aromatic N) is 4. The van der Waals surface area contributed by atoms with Crippen LogP contribution in [0.25, 0.3) is 0 Å². The van der Waals surface area contributed by atoms with E-state index in [0.717, 1.165) is 50.3 Å². The van der Waals surface area contributed by atoms with E-state index in [0.29, 0.717) is 5.82 Å². The lowest BCUT2D eigenvalue weighted by Crippen LogP contribution is -2.46. The predicted molar refractivity (Wildman–Crippen MR) is 84.4 cm³/mol. The van der Waals surface area contributed by atoms with Crippen molar-refractivity contribution >= 4 is 17.7 Å². The number of aromatic nitrogens is 4. The minimum atomic E-state index is -0.536. The highest BCUT2D eigenvalue weighted by Gasteiger charge is 2.59. The van der Waals surface area contributed by atoms with Crippen LogP contribution in [-0.2, 0) is 10.2 Å². The van der Waals surface area contributed by atoms with E-state index < -0.39 is 5.41 Å². The molecule has 0 spiro atoms. The zero-order valence-electron chi connectivity index (χ0n) is 13.3. The molecule has 1 aliphatic carbocycles. The van der Waals surface area contributed by atoms with Crippen LogP contribution in [0.2, 0.25) is 0 Å². The maximum Gasteiger partial charge on any atom is 0.236 e. The number of carbonyl (C=O) groups is 1. The molecule has 3 aliphatic rings. The highest BCUT2D eigenvalue weighted by Crippen LogP contribution is 2.56. The van der Waals surface area contributed by atoms with Gasteiger partial charge in [-0.15, -0.1) is 10.2 Å². The first kappa shape index (κ1) is 14.5. The summed E-state index contributed by atoms with van der Waals surface area (Å²) in [7, 11) is 0. The number of hydrogen-bond donors (Lipinski definition) is 1. The Morgan fingerprint density at radius 3 is 2.36 bits per heavy atom. The van der Waals surface area contributed by atoms with Crippen LogP contribution in [0.5, 0.6) is 0 Å². The van der Waals surface area contributed by atoms with E-state index >= 15 is 0 Å². The predicted octanol–water partition coefficient (Wildman–Crippen LogP) is 1.61. The van der Waals surface area contributed by atoms with Crippen molar-refractivity contribution < 1.29 is 4.79 Å². The molecule has 6 nitrogen and oxygen atoms in total. The Morgan fingerprint density at radius 2 is 1.82 bits per heavy atom. The van der Waals surface area contributed by atoms with Crippen molar-refractivity contribution in [1.82, 2.24) is 25.5 Å². The standard InChI is InChI=1S/C15H23N5OS/c1-13-7-20(8-14(13,2)10-22-9-13)12(21)15(5-3-4-6-15)11-16-18-19-17-11/h3-10H2,1-2H3,(H,16,17,18,19)/t13-,14+. The molecular formula is C15H23N5OS. The molecule has 2 aliphatic heterocycles. The average Bonchev–Trinajstić information content (AvgIpc) is 3.20. The van der Waals surface area contributed by atoms with Crippen molar-refractivity contribution in [2.45, 2.75) is 44.9 Å². The van der Waals surface area contributed by atoms with Gasteiger partial charge in [0.05, 0.1) is 0 Å². The molecule has 0 radical (unpaired) electrons. The molecule has 0 unspecified atom stereocenters. The number of likely N-dealkylation sites (tertiary alicyclic amines) is 1. The fraction of sp³-hybridized carbons (Fsp3) is 0.867. The summed E-state index contributed by atoms with van der Waals surface area (Å²) in [5.41, 5.74) is -0.0553. The van der Waals surface area contributed by atoms with Gasteiger partial charge in [0.1, 0.15) is 5.41 Å². The summed E-state index contributed by atoms with van der Waals surface area (Å²) in [4.78, 5) is 15.5. The zero-order chi connectivity index (χ0) is 15.4. The van der Waals surface area contributed by atoms with Gasteiger partial charge in [0.15, 0.2) is 5.82 Å². The number of tetrazole rings is 1. The smallest absolute Gasteiger partial charge is 0.236 e. The minimum Gasteiger partial charge on any atom is -0.341 e. The number of nitrogens with one attached hydrogen (secondary N) is 1. The van der Waals surface area contributed by atoms with Crippen LogP contribution >= 0.6 is 11.8 Å². The normalized spacial score (nSPS) is 36.7. The van der Waals surface area contributed by atoms with E-state index in [9.17, 15) is 4.79 Å². The lowest BCUT2D eigenvalue weighted by Gasteiger charge is -2.30. The Labute approximate surface area is 134 Å². The molecule has 1 aromatic heterocycles. The molecule has 1 saturated carbocycles. The summed E-state index contributed by atoms with van der Waals surface area (Å²) in [5.74, 6) is 3.13. The zero-order valence-corrected chi connectivity index (χ0v) is 14.1. The Bertz CT molecular complexity index is 567. The number of fused-ring (bicyclic) bond motifs is 1. The first-order valence-electron chi connectivity index (χ1n) is 8.10. The van der Waals surface area contributed by atoms with Gasteiger partial charge in [0.25, 0.3) is 0 Å². The molecule has 2 saturated heterocycles. The average molecular weight is 321 g/mol. The van der Waals surface area contributed by atoms with Crippen LogP contribution in [0, 0.1) is 10.8 Å². The Kier molecular flexibility index (Phi) is 3.09. The summed E-state index contributed by atoms with van der Waals surface area (Å²) in [5, 5.41) is 14.6. The monoisotopic (exact) mass is 321 g/mol. The van der Waals surface area contributed by atoms with Gasteiger partial charge in [-0.3, -0.25) is 4.79 Å². The van der Waals surface area contributed by atoms with Crippen LogP contribution < -0.4 is 0 Å². The maximum absolute atomic E-state index is 13.4. The molecule has 1 N–H and O–H groups in total. The van der Waals surface area contributed by atoms with Crippen LogP contribution in [-0.4, -0.2) is 56.0 Å². The van der Waals surface area contributed by atoms with Crippen molar-refractivity contribution in [3.8, 4) is 0 Å². The van der Waals surface area contributed by atoms with Crippen molar-refractivity contribution in [2.75, 3.05) is 24.6 Å². The van der Waals surface area contributed by atoms with Crippen molar-refractivity contribution in [3.05, 3.63) is 5.82 Å². The third kappa shape index (κ3) is 1.80. The van der Waals surface area contributed by atoms with Gasteiger partial charge in [-0.25, -0.2) is 0 Å². The van der Waals surface area contributed by atoms with Gasteiger partial charge in [0.2, 0.25) is 5.91 Å². The second-order valence-corrected chi connectivity index (χ2v) is 8.79. The molecule has 0 bridgehead atoms. The highest BCUT2D eigenvalue weighted by atomic mass is 32.2. The Balaban J connectivity index is 1.64. The number of hydrogen-bond acceptors (Lipinski definition) is 5. The highest BCUT2D eigenvalue weighted by molar-refractivity contribution is 7.99. The van der Waals surface area contributed by atoms with Crippen LogP contribution in [0.1, 0.15) is 45.4 Å². The molecule has 22 heavy (non-hydrogen) atoms. The number of carbonyl (C=O) groups excluding carboxylic acids is 1. The van der Waals surface area contributed by atoms with E-state index in [4.69, 9.17) is 0 Å². The molecule has 4 rings (SSSR count). The van der Waals surface area contributed by atoms with Crippen LogP contribution in [0.4, 0.5) is 0 Å². The first-order valence-corrected chi connectivity index (χ1v) is 9.26. The number of thioether (sulfide) groups is 1. The molecule has 3 fully saturated rings. The van der Waals surface area contributed by atoms with E-state index in [1.54, 1.807) is 0 Å². The molecule has 3 heterocycles. The Hall–Kier alpha value is -1.11. The molecule has 0 aromatic carbocycles. The largest absolute Gasteiger partial charge is 0.341 e. The summed E-state index contributed by atoms with van der Waals surface area (Å²) in [6, 6.07) is 0. The van der Waals surface area contributed by atoms with E-state index in [2.05, 4.69) is 39.4 Å². The van der Waals surface area contributed by atoms with E-state index in [-0.39, 0.29) is 16.7 Å². The number of amides is 1. The van der Waals surface area contributed by atoms with E-state index in [1.165, 1.54) is 0 Å². The fourth-order valence-corrected chi connectivity index (χ4v) is 6.43. The van der Waals surface area contributed by atoms with Gasteiger partial charge >= 0.3 is 0 Å². The minimum absolute atomic E-state index is 0.230. The third-order valence-electron chi connectivity index (χ3n) is 6.31. The van der Waals surface area contributed by atoms with Gasteiger partial charge < -0.3 is 4.90 Å². The van der Waals surface area contributed by atoms with Gasteiger partial charge in [-0.2, -0.15) is 17.0 Å². The molecule has 7 heteroatoms. The topological polar surface area (TPSA) is 74.8 Å². The number of rotatable bonds is 2. The van der Waals surface area contributed by atoms with Gasteiger partial charge in [-0.1, -0.05) is 31.9 Å². The lowest BCUT2D eigenvalue weighted by atomic mass is 9.71. The molecule has 1 aromatic rings. The summed E-state index contributed by atoms with van der Waals surface area (Å²) < 4.78 is 0. The second-order valence-electron chi connectivity index (χ2n) is 7.80. The van der Waals surface area contributed by atoms with Crippen LogP contribution in [0.15, 0.2) is 0 Å². The fourth-order valence-electron chi connectivity index (χ4n) is 4.54. The Morgan fingerprint density at radius 1 is 1.18 bits per heavy atom. The number of H-pyrrole nitrogens is 1. The SMILES string of the molecule is C[C@@]12CSC[C@]1(C)CN(C(=O)C1(c3nn[nH]n3)CCCC1)C2. The van der Waals surface area contributed by atoms with Crippen molar-refractivity contribution in [1.29, 1.82) is 0 Å². The summed E-state index contributed by atoms with van der Waals surface area (Å²) in [6.07, 6.45) is 3.84. The maximum atomic E-state index is 13.4. The third-order valence-corrected chi connectivity index (χ3v) is 7.99. The van der Waals surface area contributed by atoms with Crippen molar-refractivity contribution in [3.63, 3.8) is 0 Å². The molecule has 2 atom stereocenters. The summed E-state index contributed by atoms with van der Waals surface area (Å²) >= 11 is 2.03. The molecule has 120 valence electrons. The lowest BCUT2D eigenvalue weighted by molar-refractivity contribution is -0.137. The van der Waals surface area contributed by atoms with E-state index in [1.807, 2.05) is 11.8 Å². The van der Waals surface area contributed by atoms with Gasteiger partial charge in [0, 0.05) is 35.4 Å². The van der Waals surface area contributed by atoms with Crippen molar-refractivity contribution in [2.24, 2.45) is 10.8 Å². The first-order chi connectivity index (χ1) is 10.5. The molecular weight excluding hydrogens is 298 g/mol. The van der Waals surface area contributed by atoms with Gasteiger partial charge in [-0.05, 0) is 12.8 Å². The number of aromatic amines is 1. The van der Waals surface area contributed by atoms with Crippen LogP contribution in [0.3, 0.4) is 0 Å². The second kappa shape index (κ2) is 4.69.